The summed E-state index contributed by atoms with van der Waals surface area (Å²) in [5.41, 5.74) is 7.07. The number of hydrogen-bond donors (Lipinski definition) is 1. The summed E-state index contributed by atoms with van der Waals surface area (Å²) >= 11 is 6.01. The van der Waals surface area contributed by atoms with Crippen LogP contribution in [0, 0.1) is 12.8 Å². The standard InChI is InChI=1S/C14H23ClN2O2S/c1-5-10(2)9-17(4)20(18,19)14-7-13(15)6-12(8-16)11(14)3/h6-7,10H,5,8-9,16H2,1-4H3. The van der Waals surface area contributed by atoms with Gasteiger partial charge in [-0.1, -0.05) is 31.9 Å². The molecule has 1 rings (SSSR count). The molecule has 0 heterocycles. The summed E-state index contributed by atoms with van der Waals surface area (Å²) in [5.74, 6) is 0.309. The molecule has 20 heavy (non-hydrogen) atoms. The molecule has 1 atom stereocenters. The van der Waals surface area contributed by atoms with Crippen molar-refractivity contribution in [3.63, 3.8) is 0 Å². The monoisotopic (exact) mass is 318 g/mol. The molecule has 0 bridgehead atoms. The lowest BCUT2D eigenvalue weighted by atomic mass is 10.1. The first-order valence-electron chi connectivity index (χ1n) is 6.69. The van der Waals surface area contributed by atoms with Gasteiger partial charge in [-0.2, -0.15) is 0 Å². The van der Waals surface area contributed by atoms with Crippen molar-refractivity contribution in [2.75, 3.05) is 13.6 Å². The molecule has 0 fully saturated rings. The normalized spacial score (nSPS) is 13.8. The molecule has 6 heteroatoms. The van der Waals surface area contributed by atoms with Crippen LogP contribution in [-0.2, 0) is 16.6 Å². The second-order valence-electron chi connectivity index (χ2n) is 5.19. The van der Waals surface area contributed by atoms with Gasteiger partial charge in [0, 0.05) is 25.2 Å². The average Bonchev–Trinajstić information content (AvgIpc) is 2.40. The van der Waals surface area contributed by atoms with E-state index >= 15 is 0 Å². The smallest absolute Gasteiger partial charge is 0.243 e. The van der Waals surface area contributed by atoms with Crippen LogP contribution in [0.1, 0.15) is 31.4 Å². The summed E-state index contributed by atoms with van der Waals surface area (Å²) in [4.78, 5) is 0.247. The zero-order valence-electron chi connectivity index (χ0n) is 12.5. The van der Waals surface area contributed by atoms with Gasteiger partial charge >= 0.3 is 0 Å². The van der Waals surface area contributed by atoms with E-state index in [4.69, 9.17) is 17.3 Å². The van der Waals surface area contributed by atoms with E-state index in [-0.39, 0.29) is 11.4 Å². The summed E-state index contributed by atoms with van der Waals surface area (Å²) in [6.45, 7) is 6.60. The molecule has 1 unspecified atom stereocenters. The molecular weight excluding hydrogens is 296 g/mol. The van der Waals surface area contributed by atoms with Crippen molar-refractivity contribution in [1.29, 1.82) is 0 Å². The molecule has 4 nitrogen and oxygen atoms in total. The van der Waals surface area contributed by atoms with Crippen molar-refractivity contribution < 1.29 is 8.42 Å². The van der Waals surface area contributed by atoms with Crippen molar-refractivity contribution >= 4 is 21.6 Å². The highest BCUT2D eigenvalue weighted by atomic mass is 35.5. The molecule has 0 saturated heterocycles. The minimum absolute atomic E-state index is 0.247. The van der Waals surface area contributed by atoms with Gasteiger partial charge in [-0.05, 0) is 36.1 Å². The quantitative estimate of drug-likeness (QED) is 0.877. The molecule has 0 saturated carbocycles. The largest absolute Gasteiger partial charge is 0.326 e. The number of hydrogen-bond acceptors (Lipinski definition) is 3. The van der Waals surface area contributed by atoms with E-state index in [9.17, 15) is 8.42 Å². The second kappa shape index (κ2) is 6.89. The molecule has 0 aliphatic carbocycles. The molecule has 0 radical (unpaired) electrons. The summed E-state index contributed by atoms with van der Waals surface area (Å²) in [6.07, 6.45) is 0.933. The fourth-order valence-corrected chi connectivity index (χ4v) is 3.91. The van der Waals surface area contributed by atoms with E-state index in [1.54, 1.807) is 20.0 Å². The predicted molar refractivity (Wildman–Crippen MR) is 83.4 cm³/mol. The summed E-state index contributed by atoms with van der Waals surface area (Å²) in [7, 11) is -1.94. The van der Waals surface area contributed by atoms with Gasteiger partial charge in [0.2, 0.25) is 10.0 Å². The minimum atomic E-state index is -3.54. The lowest BCUT2D eigenvalue weighted by Gasteiger charge is -2.22. The van der Waals surface area contributed by atoms with Gasteiger partial charge in [-0.15, -0.1) is 0 Å². The van der Waals surface area contributed by atoms with Crippen LogP contribution in [0.5, 0.6) is 0 Å². The van der Waals surface area contributed by atoms with E-state index in [0.717, 1.165) is 12.0 Å². The Morgan fingerprint density at radius 2 is 2.00 bits per heavy atom. The predicted octanol–water partition coefficient (Wildman–Crippen LogP) is 2.77. The Morgan fingerprint density at radius 3 is 2.50 bits per heavy atom. The topological polar surface area (TPSA) is 63.4 Å². The van der Waals surface area contributed by atoms with E-state index < -0.39 is 10.0 Å². The molecule has 2 N–H and O–H groups in total. The molecule has 114 valence electrons. The van der Waals surface area contributed by atoms with Crippen molar-refractivity contribution in [3.05, 3.63) is 28.3 Å². The fourth-order valence-electron chi connectivity index (χ4n) is 2.02. The number of benzene rings is 1. The van der Waals surface area contributed by atoms with Crippen molar-refractivity contribution in [1.82, 2.24) is 4.31 Å². The molecule has 0 amide bonds. The second-order valence-corrected chi connectivity index (χ2v) is 7.64. The van der Waals surface area contributed by atoms with Gasteiger partial charge in [-0.3, -0.25) is 0 Å². The number of nitrogens with two attached hydrogens (primary N) is 1. The Morgan fingerprint density at radius 1 is 1.40 bits per heavy atom. The zero-order chi connectivity index (χ0) is 15.5. The third kappa shape index (κ3) is 3.73. The van der Waals surface area contributed by atoms with Crippen LogP contribution < -0.4 is 5.73 Å². The number of nitrogens with zero attached hydrogens (tertiary/aromatic N) is 1. The molecule has 0 aliphatic rings. The Labute approximate surface area is 127 Å². The molecule has 0 aliphatic heterocycles. The first-order chi connectivity index (χ1) is 9.23. The third-order valence-corrected chi connectivity index (χ3v) is 5.77. The fraction of sp³-hybridized carbons (Fsp3) is 0.571. The Hall–Kier alpha value is -0.620. The lowest BCUT2D eigenvalue weighted by Crippen LogP contribution is -2.31. The van der Waals surface area contributed by atoms with Crippen LogP contribution in [0.15, 0.2) is 17.0 Å². The molecule has 0 spiro atoms. The number of rotatable bonds is 6. The lowest BCUT2D eigenvalue weighted by molar-refractivity contribution is 0.393. The van der Waals surface area contributed by atoms with Gasteiger partial charge < -0.3 is 5.73 Å². The summed E-state index contributed by atoms with van der Waals surface area (Å²) in [5, 5.41) is 0.395. The van der Waals surface area contributed by atoms with E-state index in [1.807, 2.05) is 13.8 Å². The molecule has 0 aromatic heterocycles. The highest BCUT2D eigenvalue weighted by Crippen LogP contribution is 2.26. The maximum Gasteiger partial charge on any atom is 0.243 e. The molecular formula is C14H23ClN2O2S. The highest BCUT2D eigenvalue weighted by Gasteiger charge is 2.25. The van der Waals surface area contributed by atoms with Gasteiger partial charge in [0.1, 0.15) is 0 Å². The Bertz CT molecular complexity index is 573. The van der Waals surface area contributed by atoms with Crippen LogP contribution >= 0.6 is 11.6 Å². The molecule has 1 aromatic carbocycles. The van der Waals surface area contributed by atoms with Gasteiger partial charge in [0.15, 0.2) is 0 Å². The molecule has 1 aromatic rings. The van der Waals surface area contributed by atoms with E-state index in [0.29, 0.717) is 23.0 Å². The van der Waals surface area contributed by atoms with Crippen LogP contribution in [-0.4, -0.2) is 26.3 Å². The SMILES string of the molecule is CCC(C)CN(C)S(=O)(=O)c1cc(Cl)cc(CN)c1C. The van der Waals surface area contributed by atoms with E-state index in [1.165, 1.54) is 10.4 Å². The maximum atomic E-state index is 12.7. The maximum absolute atomic E-state index is 12.7. The highest BCUT2D eigenvalue weighted by molar-refractivity contribution is 7.89. The van der Waals surface area contributed by atoms with Crippen LogP contribution in [0.25, 0.3) is 0 Å². The first-order valence-corrected chi connectivity index (χ1v) is 8.51. The van der Waals surface area contributed by atoms with Gasteiger partial charge in [-0.25, -0.2) is 12.7 Å². The Balaban J connectivity index is 3.25. The third-order valence-electron chi connectivity index (χ3n) is 3.61. The van der Waals surface area contributed by atoms with Crippen LogP contribution in [0.4, 0.5) is 0 Å². The van der Waals surface area contributed by atoms with Gasteiger partial charge in [0.25, 0.3) is 0 Å². The van der Waals surface area contributed by atoms with Crippen molar-refractivity contribution in [2.45, 2.75) is 38.6 Å². The average molecular weight is 319 g/mol. The summed E-state index contributed by atoms with van der Waals surface area (Å²) < 4.78 is 26.7. The minimum Gasteiger partial charge on any atom is -0.326 e. The van der Waals surface area contributed by atoms with E-state index in [2.05, 4.69) is 0 Å². The number of sulfonamides is 1. The van der Waals surface area contributed by atoms with Crippen molar-refractivity contribution in [3.8, 4) is 0 Å². The van der Waals surface area contributed by atoms with Gasteiger partial charge in [0.05, 0.1) is 4.90 Å². The number of halogens is 1. The summed E-state index contributed by atoms with van der Waals surface area (Å²) in [6, 6.07) is 3.21. The first kappa shape index (κ1) is 17.4. The van der Waals surface area contributed by atoms with Crippen LogP contribution in [0.3, 0.4) is 0 Å². The van der Waals surface area contributed by atoms with Crippen molar-refractivity contribution in [2.24, 2.45) is 11.7 Å². The Kier molecular flexibility index (Phi) is 6.01. The van der Waals surface area contributed by atoms with Crippen LogP contribution in [0.2, 0.25) is 5.02 Å². The zero-order valence-corrected chi connectivity index (χ0v) is 14.1.